The van der Waals surface area contributed by atoms with E-state index in [-0.39, 0.29) is 11.6 Å². The zero-order valence-electron chi connectivity index (χ0n) is 17.4. The van der Waals surface area contributed by atoms with Crippen molar-refractivity contribution in [2.75, 3.05) is 26.2 Å². The van der Waals surface area contributed by atoms with E-state index in [1.54, 1.807) is 16.0 Å². The molecule has 5 nitrogen and oxygen atoms in total. The van der Waals surface area contributed by atoms with Crippen LogP contribution in [0.15, 0.2) is 34.2 Å². The molecular formula is C22H31N3O2S. The summed E-state index contributed by atoms with van der Waals surface area (Å²) < 4.78 is 8.57. The maximum absolute atomic E-state index is 12.6. The van der Waals surface area contributed by atoms with Crippen molar-refractivity contribution in [3.05, 3.63) is 45.4 Å². The van der Waals surface area contributed by atoms with E-state index in [0.717, 1.165) is 67.0 Å². The van der Waals surface area contributed by atoms with E-state index < -0.39 is 0 Å². The van der Waals surface area contributed by atoms with Gasteiger partial charge in [-0.05, 0) is 62.9 Å². The maximum atomic E-state index is 12.6. The Balaban J connectivity index is 1.73. The van der Waals surface area contributed by atoms with Crippen LogP contribution < -0.4 is 5.56 Å². The fourth-order valence-corrected chi connectivity index (χ4v) is 4.42. The Morgan fingerprint density at radius 1 is 1.25 bits per heavy atom. The van der Waals surface area contributed by atoms with Crippen LogP contribution in [-0.4, -0.2) is 40.9 Å². The molecule has 0 bridgehead atoms. The summed E-state index contributed by atoms with van der Waals surface area (Å²) in [7, 11) is 0. The smallest absolute Gasteiger partial charge is 0.275 e. The third kappa shape index (κ3) is 4.55. The third-order valence-electron chi connectivity index (χ3n) is 5.23. The first-order chi connectivity index (χ1) is 13.5. The summed E-state index contributed by atoms with van der Waals surface area (Å²) in [5.74, 6) is 1.04. The minimum Gasteiger partial charge on any atom is -0.498 e. The summed E-state index contributed by atoms with van der Waals surface area (Å²) in [5.41, 5.74) is 2.12. The first kappa shape index (κ1) is 20.8. The molecule has 0 N–H and O–H groups in total. The number of hydrogen-bond donors (Lipinski definition) is 0. The number of aromatic nitrogens is 2. The average Bonchev–Trinajstić information content (AvgIpc) is 3.19. The number of fused-ring (bicyclic) bond motifs is 1. The van der Waals surface area contributed by atoms with Crippen LogP contribution in [0.25, 0.3) is 15.7 Å². The monoisotopic (exact) mass is 401 g/mol. The minimum atomic E-state index is -0.000763. The molecule has 0 atom stereocenters. The zero-order valence-corrected chi connectivity index (χ0v) is 18.2. The van der Waals surface area contributed by atoms with Crippen molar-refractivity contribution in [1.82, 2.24) is 14.7 Å². The molecule has 0 saturated carbocycles. The molecule has 0 aromatic carbocycles. The summed E-state index contributed by atoms with van der Waals surface area (Å²) in [4.78, 5) is 15.0. The summed E-state index contributed by atoms with van der Waals surface area (Å²) in [6, 6.07) is 1.95. The molecule has 152 valence electrons. The van der Waals surface area contributed by atoms with Gasteiger partial charge in [-0.3, -0.25) is 4.79 Å². The van der Waals surface area contributed by atoms with Crippen LogP contribution in [0.2, 0.25) is 0 Å². The molecule has 2 aromatic heterocycles. The van der Waals surface area contributed by atoms with Gasteiger partial charge in [0.05, 0.1) is 28.5 Å². The minimum absolute atomic E-state index is 0.000763. The molecule has 3 rings (SSSR count). The van der Waals surface area contributed by atoms with E-state index in [9.17, 15) is 4.79 Å². The van der Waals surface area contributed by atoms with Gasteiger partial charge >= 0.3 is 0 Å². The van der Waals surface area contributed by atoms with E-state index in [2.05, 4.69) is 30.9 Å². The van der Waals surface area contributed by atoms with Crippen molar-refractivity contribution in [1.29, 1.82) is 0 Å². The van der Waals surface area contributed by atoms with Gasteiger partial charge in [0.25, 0.3) is 5.56 Å². The summed E-state index contributed by atoms with van der Waals surface area (Å²) in [5, 5.41) is 7.45. The Hall–Kier alpha value is -1.92. The number of rotatable bonds is 9. The second kappa shape index (κ2) is 9.52. The second-order valence-electron chi connectivity index (χ2n) is 7.41. The summed E-state index contributed by atoms with van der Waals surface area (Å²) >= 11 is 1.59. The fourth-order valence-electron chi connectivity index (χ4n) is 3.51. The molecular weight excluding hydrogens is 370 g/mol. The lowest BCUT2D eigenvalue weighted by Crippen LogP contribution is -2.25. The van der Waals surface area contributed by atoms with Crippen molar-refractivity contribution in [2.45, 2.75) is 53.0 Å². The predicted octanol–water partition coefficient (Wildman–Crippen LogP) is 4.85. The lowest BCUT2D eigenvalue weighted by molar-refractivity contribution is 0.179. The average molecular weight is 402 g/mol. The number of ether oxygens (including phenoxy) is 1. The summed E-state index contributed by atoms with van der Waals surface area (Å²) in [6.45, 7) is 12.4. The second-order valence-corrected chi connectivity index (χ2v) is 8.33. The van der Waals surface area contributed by atoms with Crippen LogP contribution in [0.5, 0.6) is 0 Å². The molecule has 0 aliphatic heterocycles. The van der Waals surface area contributed by atoms with Crippen LogP contribution in [-0.2, 0) is 4.74 Å². The Kier molecular flexibility index (Phi) is 7.08. The van der Waals surface area contributed by atoms with Crippen molar-refractivity contribution in [3.63, 3.8) is 0 Å². The van der Waals surface area contributed by atoms with Crippen LogP contribution in [0.3, 0.4) is 0 Å². The Morgan fingerprint density at radius 2 is 2.04 bits per heavy atom. The van der Waals surface area contributed by atoms with Gasteiger partial charge in [-0.15, -0.1) is 11.3 Å². The molecule has 0 saturated heterocycles. The van der Waals surface area contributed by atoms with Crippen LogP contribution in [0.4, 0.5) is 0 Å². The maximum Gasteiger partial charge on any atom is 0.275 e. The molecule has 0 fully saturated rings. The Bertz CT molecular complexity index is 919. The number of thiophene rings is 1. The van der Waals surface area contributed by atoms with E-state index in [4.69, 9.17) is 9.84 Å². The van der Waals surface area contributed by atoms with Gasteiger partial charge in [-0.25, -0.2) is 4.68 Å². The molecule has 28 heavy (non-hydrogen) atoms. The normalized spacial score (nSPS) is 14.6. The molecule has 0 amide bonds. The predicted molar refractivity (Wildman–Crippen MR) is 118 cm³/mol. The molecule has 2 aromatic rings. The molecule has 0 unspecified atom stereocenters. The topological polar surface area (TPSA) is 47.4 Å². The van der Waals surface area contributed by atoms with Crippen LogP contribution in [0, 0.1) is 0 Å². The molecule has 6 heteroatoms. The van der Waals surface area contributed by atoms with Gasteiger partial charge in [0.1, 0.15) is 5.69 Å². The quantitative estimate of drug-likeness (QED) is 0.564. The highest BCUT2D eigenvalue weighted by molar-refractivity contribution is 7.17. The van der Waals surface area contributed by atoms with Crippen molar-refractivity contribution in [2.24, 2.45) is 0 Å². The lowest BCUT2D eigenvalue weighted by Gasteiger charge is -2.20. The van der Waals surface area contributed by atoms with E-state index in [1.807, 2.05) is 25.3 Å². The van der Waals surface area contributed by atoms with Crippen molar-refractivity contribution >= 4 is 27.0 Å². The van der Waals surface area contributed by atoms with Crippen molar-refractivity contribution < 1.29 is 4.74 Å². The first-order valence-corrected chi connectivity index (χ1v) is 11.2. The third-order valence-corrected chi connectivity index (χ3v) is 6.15. The fraction of sp³-hybridized carbons (Fsp3) is 0.545. The Morgan fingerprint density at radius 3 is 2.68 bits per heavy atom. The van der Waals surface area contributed by atoms with E-state index in [1.165, 1.54) is 5.57 Å². The molecule has 0 radical (unpaired) electrons. The molecule has 2 heterocycles. The van der Waals surface area contributed by atoms with Gasteiger partial charge in [0, 0.05) is 13.0 Å². The molecule has 1 aliphatic rings. The number of hydrogen-bond acceptors (Lipinski definition) is 5. The SMILES string of the molecule is CCN(CC)CCCOC1=CC=C(c2nn(C(C)C)c(=O)c3ccsc23)CC1. The van der Waals surface area contributed by atoms with E-state index >= 15 is 0 Å². The van der Waals surface area contributed by atoms with E-state index in [0.29, 0.717) is 0 Å². The van der Waals surface area contributed by atoms with Crippen LogP contribution >= 0.6 is 11.3 Å². The van der Waals surface area contributed by atoms with Crippen molar-refractivity contribution in [3.8, 4) is 0 Å². The molecule has 1 aliphatic carbocycles. The highest BCUT2D eigenvalue weighted by Gasteiger charge is 2.18. The van der Waals surface area contributed by atoms with Gasteiger partial charge in [0.2, 0.25) is 0 Å². The number of nitrogens with zero attached hydrogens (tertiary/aromatic N) is 3. The highest BCUT2D eigenvalue weighted by atomic mass is 32.1. The van der Waals surface area contributed by atoms with Gasteiger partial charge < -0.3 is 9.64 Å². The van der Waals surface area contributed by atoms with Gasteiger partial charge in [-0.1, -0.05) is 19.9 Å². The number of allylic oxidation sites excluding steroid dienone is 4. The lowest BCUT2D eigenvalue weighted by atomic mass is 10.00. The largest absolute Gasteiger partial charge is 0.498 e. The first-order valence-electron chi connectivity index (χ1n) is 10.3. The van der Waals surface area contributed by atoms with Gasteiger partial charge in [-0.2, -0.15) is 5.10 Å². The van der Waals surface area contributed by atoms with Gasteiger partial charge in [0.15, 0.2) is 0 Å². The zero-order chi connectivity index (χ0) is 20.1. The van der Waals surface area contributed by atoms with Crippen LogP contribution in [0.1, 0.15) is 58.7 Å². The Labute approximate surface area is 171 Å². The highest BCUT2D eigenvalue weighted by Crippen LogP contribution is 2.32. The molecule has 0 spiro atoms. The standard InChI is InChI=1S/C22H31N3O2S/c1-5-24(6-2)13-7-14-27-18-10-8-17(9-11-18)20-21-19(12-15-28-21)22(26)25(23-20)16(3)4/h8,10,12,15-16H,5-7,9,11,13-14H2,1-4H3. The summed E-state index contributed by atoms with van der Waals surface area (Å²) in [6.07, 6.45) is 7.00.